The zero-order valence-corrected chi connectivity index (χ0v) is 25.2. The second kappa shape index (κ2) is 10.8. The number of hydrogen-bond acceptors (Lipinski definition) is 9. The largest absolute Gasteiger partial charge is 0.444 e. The van der Waals surface area contributed by atoms with E-state index in [1.807, 2.05) is 37.3 Å². The predicted octanol–water partition coefficient (Wildman–Crippen LogP) is 3.68. The minimum absolute atomic E-state index is 0.104. The number of nitrogens with one attached hydrogen (secondary N) is 1. The van der Waals surface area contributed by atoms with Crippen molar-refractivity contribution in [1.82, 2.24) is 28.7 Å². The van der Waals surface area contributed by atoms with Gasteiger partial charge in [0.25, 0.3) is 5.91 Å². The van der Waals surface area contributed by atoms with Gasteiger partial charge in [0, 0.05) is 43.6 Å². The van der Waals surface area contributed by atoms with Crippen LogP contribution in [0.3, 0.4) is 0 Å². The molecule has 2 saturated heterocycles. The summed E-state index contributed by atoms with van der Waals surface area (Å²) in [5, 5.41) is 6.38. The average molecular weight is 608 g/mol. The van der Waals surface area contributed by atoms with Crippen LogP contribution in [0.4, 0.5) is 10.5 Å². The molecule has 1 unspecified atom stereocenters. The molecule has 43 heavy (non-hydrogen) atoms. The number of likely N-dealkylation sites (tertiary alicyclic amines) is 1. The van der Waals surface area contributed by atoms with Crippen LogP contribution in [0.5, 0.6) is 0 Å². The fourth-order valence-corrected chi connectivity index (χ4v) is 7.15. The Balaban J connectivity index is 1.09. The first-order valence-corrected chi connectivity index (χ1v) is 15.5. The smallest absolute Gasteiger partial charge is 0.410 e. The van der Waals surface area contributed by atoms with Crippen molar-refractivity contribution in [3.63, 3.8) is 0 Å². The van der Waals surface area contributed by atoms with Gasteiger partial charge in [0.05, 0.1) is 17.4 Å². The van der Waals surface area contributed by atoms with E-state index in [4.69, 9.17) is 9.26 Å². The van der Waals surface area contributed by atoms with E-state index in [-0.39, 0.29) is 31.5 Å². The first-order chi connectivity index (χ1) is 20.4. The van der Waals surface area contributed by atoms with Crippen molar-refractivity contribution in [3.8, 4) is 11.4 Å². The van der Waals surface area contributed by atoms with Gasteiger partial charge in [-0.2, -0.15) is 9.29 Å². The molecule has 226 valence electrons. The molecule has 1 atom stereocenters. The molecule has 2 fully saturated rings. The van der Waals surface area contributed by atoms with Crippen molar-refractivity contribution in [2.45, 2.75) is 50.9 Å². The third-order valence-corrected chi connectivity index (χ3v) is 9.86. The number of benzene rings is 1. The first-order valence-electron chi connectivity index (χ1n) is 14.0. The number of aromatic nitrogens is 4. The summed E-state index contributed by atoms with van der Waals surface area (Å²) in [7, 11) is -3.61. The third-order valence-electron chi connectivity index (χ3n) is 7.61. The maximum absolute atomic E-state index is 13.2. The Morgan fingerprint density at radius 2 is 1.91 bits per heavy atom. The summed E-state index contributed by atoms with van der Waals surface area (Å²) in [4.78, 5) is 35.7. The number of aryl methyl sites for hydroxylation is 1. The molecule has 0 radical (unpaired) electrons. The summed E-state index contributed by atoms with van der Waals surface area (Å²) in [5.41, 5.74) is 2.52. The molecular formula is C29H33N7O6S. The van der Waals surface area contributed by atoms with Crippen LogP contribution < -0.4 is 5.32 Å². The van der Waals surface area contributed by atoms with E-state index < -0.39 is 27.0 Å². The van der Waals surface area contributed by atoms with E-state index >= 15 is 0 Å². The highest BCUT2D eigenvalue weighted by Crippen LogP contribution is 2.33. The van der Waals surface area contributed by atoms with Gasteiger partial charge in [0.2, 0.25) is 21.7 Å². The lowest BCUT2D eigenvalue weighted by Gasteiger charge is -2.37. The van der Waals surface area contributed by atoms with Crippen molar-refractivity contribution in [3.05, 3.63) is 65.9 Å². The van der Waals surface area contributed by atoms with E-state index in [1.54, 1.807) is 37.4 Å². The topological polar surface area (TPSA) is 152 Å². The Labute approximate surface area is 248 Å². The molecule has 2 amide bonds. The Hall–Kier alpha value is -4.30. The second-order valence-corrected chi connectivity index (χ2v) is 14.1. The molecule has 2 aliphatic rings. The fourth-order valence-electron chi connectivity index (χ4n) is 5.18. The number of imidazole rings is 1. The Morgan fingerprint density at radius 1 is 1.12 bits per heavy atom. The second-order valence-electron chi connectivity index (χ2n) is 11.9. The van der Waals surface area contributed by atoms with Gasteiger partial charge >= 0.3 is 6.09 Å². The number of amides is 2. The Bertz CT molecular complexity index is 1800. The van der Waals surface area contributed by atoms with Gasteiger partial charge in [-0.15, -0.1) is 0 Å². The van der Waals surface area contributed by atoms with Crippen LogP contribution in [0.1, 0.15) is 55.1 Å². The summed E-state index contributed by atoms with van der Waals surface area (Å²) in [6.45, 7) is 8.10. The normalized spacial score (nSPS) is 18.1. The minimum Gasteiger partial charge on any atom is -0.444 e. The maximum atomic E-state index is 13.2. The van der Waals surface area contributed by atoms with Crippen LogP contribution >= 0.6 is 0 Å². The van der Waals surface area contributed by atoms with Crippen LogP contribution in [0, 0.1) is 6.92 Å². The highest BCUT2D eigenvalue weighted by atomic mass is 32.2. The van der Waals surface area contributed by atoms with E-state index in [9.17, 15) is 18.0 Å². The molecule has 14 heteroatoms. The SMILES string of the molecule is Cc1ccc(-c2noc(C3CN(S(=O)(=O)C4CCN(C(=O)OC(C)(C)C)C4)C3)n2)cc1NC(=O)c1cnc2ccccn12. The number of carbonyl (C=O) groups is 2. The van der Waals surface area contributed by atoms with Crippen molar-refractivity contribution in [2.75, 3.05) is 31.5 Å². The summed E-state index contributed by atoms with van der Waals surface area (Å²) >= 11 is 0. The number of nitrogens with zero attached hydrogens (tertiary/aromatic N) is 6. The molecular weight excluding hydrogens is 574 g/mol. The van der Waals surface area contributed by atoms with Crippen molar-refractivity contribution >= 4 is 33.4 Å². The van der Waals surface area contributed by atoms with Crippen LogP contribution in [0.15, 0.2) is 53.3 Å². The Morgan fingerprint density at radius 3 is 2.67 bits per heavy atom. The number of fused-ring (bicyclic) bond motifs is 1. The fraction of sp³-hybridized carbons (Fsp3) is 0.414. The molecule has 3 aromatic heterocycles. The van der Waals surface area contributed by atoms with Gasteiger partial charge in [-0.3, -0.25) is 9.20 Å². The van der Waals surface area contributed by atoms with Gasteiger partial charge < -0.3 is 19.5 Å². The molecule has 1 N–H and O–H groups in total. The van der Waals surface area contributed by atoms with Crippen LogP contribution in [0.2, 0.25) is 0 Å². The molecule has 4 aromatic rings. The van der Waals surface area contributed by atoms with Crippen molar-refractivity contribution < 1.29 is 27.3 Å². The zero-order valence-electron chi connectivity index (χ0n) is 24.4. The molecule has 0 bridgehead atoms. The number of ether oxygens (including phenoxy) is 1. The lowest BCUT2D eigenvalue weighted by molar-refractivity contribution is 0.0295. The molecule has 0 spiro atoms. The molecule has 6 rings (SSSR count). The van der Waals surface area contributed by atoms with Crippen molar-refractivity contribution in [1.29, 1.82) is 0 Å². The van der Waals surface area contributed by atoms with Gasteiger partial charge in [-0.1, -0.05) is 23.4 Å². The quantitative estimate of drug-likeness (QED) is 0.346. The summed E-state index contributed by atoms with van der Waals surface area (Å²) in [6, 6.07) is 11.0. The third kappa shape index (κ3) is 5.71. The highest BCUT2D eigenvalue weighted by Gasteiger charge is 2.46. The lowest BCUT2D eigenvalue weighted by atomic mass is 10.0. The monoisotopic (exact) mass is 607 g/mol. The van der Waals surface area contributed by atoms with E-state index in [2.05, 4.69) is 20.4 Å². The van der Waals surface area contributed by atoms with E-state index in [0.717, 1.165) is 5.56 Å². The van der Waals surface area contributed by atoms with Crippen LogP contribution in [0.25, 0.3) is 17.0 Å². The van der Waals surface area contributed by atoms with Gasteiger partial charge in [0.1, 0.15) is 16.9 Å². The van der Waals surface area contributed by atoms with Crippen LogP contribution in [-0.2, 0) is 14.8 Å². The highest BCUT2D eigenvalue weighted by molar-refractivity contribution is 7.89. The number of carbonyl (C=O) groups excluding carboxylic acids is 2. The predicted molar refractivity (Wildman–Crippen MR) is 157 cm³/mol. The summed E-state index contributed by atoms with van der Waals surface area (Å²) in [6.07, 6.45) is 3.16. The standard InChI is InChI=1S/C29H33N7O6S/c1-18-8-9-19(13-22(18)31-26(37)23-14-30-24-7-5-6-11-36(23)24)25-32-27(42-33-25)20-15-35(16-20)43(39,40)21-10-12-34(17-21)28(38)41-29(2,3)4/h5-9,11,13-14,20-21H,10,12,15-17H2,1-4H3,(H,31,37). The van der Waals surface area contributed by atoms with Gasteiger partial charge in [0.15, 0.2) is 0 Å². The average Bonchev–Trinajstić information content (AvgIpc) is 3.68. The van der Waals surface area contributed by atoms with Crippen molar-refractivity contribution in [2.24, 2.45) is 0 Å². The number of hydrogen-bond donors (Lipinski definition) is 1. The lowest BCUT2D eigenvalue weighted by Crippen LogP contribution is -2.52. The minimum atomic E-state index is -3.61. The first kappa shape index (κ1) is 28.8. The molecule has 1 aromatic carbocycles. The van der Waals surface area contributed by atoms with Crippen LogP contribution in [-0.4, -0.2) is 86.2 Å². The Kier molecular flexibility index (Phi) is 7.21. The molecule has 2 aliphatic heterocycles. The number of sulfonamides is 1. The maximum Gasteiger partial charge on any atom is 0.410 e. The number of anilines is 1. The summed E-state index contributed by atoms with van der Waals surface area (Å²) < 4.78 is 40.5. The molecule has 0 saturated carbocycles. The number of pyridine rings is 1. The summed E-state index contributed by atoms with van der Waals surface area (Å²) in [5.74, 6) is 0.143. The zero-order chi connectivity index (χ0) is 30.5. The molecule has 5 heterocycles. The number of rotatable bonds is 6. The van der Waals surface area contributed by atoms with Gasteiger partial charge in [-0.25, -0.2) is 18.2 Å². The van der Waals surface area contributed by atoms with Gasteiger partial charge in [-0.05, 0) is 57.9 Å². The van der Waals surface area contributed by atoms with E-state index in [1.165, 1.54) is 15.4 Å². The van der Waals surface area contributed by atoms with E-state index in [0.29, 0.717) is 47.3 Å². The molecule has 13 nitrogen and oxygen atoms in total. The molecule has 0 aliphatic carbocycles.